The number of carbonyl (C=O) groups is 2. The van der Waals surface area contributed by atoms with Crippen molar-refractivity contribution in [3.8, 4) is 0 Å². The molecule has 0 aliphatic heterocycles. The number of nitrogens with one attached hydrogen (secondary N) is 2. The first-order valence-electron chi connectivity index (χ1n) is 8.18. The van der Waals surface area contributed by atoms with Gasteiger partial charge in [-0.15, -0.1) is 0 Å². The van der Waals surface area contributed by atoms with Crippen LogP contribution in [0.2, 0.25) is 0 Å². The second kappa shape index (κ2) is 8.00. The van der Waals surface area contributed by atoms with E-state index in [1.54, 1.807) is 24.3 Å². The van der Waals surface area contributed by atoms with Gasteiger partial charge in [0.25, 0.3) is 0 Å². The fourth-order valence-electron chi connectivity index (χ4n) is 2.75. The molecule has 0 aliphatic carbocycles. The summed E-state index contributed by atoms with van der Waals surface area (Å²) in [5.74, 6) is 10.6. The second-order valence-electron chi connectivity index (χ2n) is 6.06. The first-order chi connectivity index (χ1) is 12.0. The fourth-order valence-corrected chi connectivity index (χ4v) is 2.75. The Morgan fingerprint density at radius 1 is 0.960 bits per heavy atom. The van der Waals surface area contributed by atoms with Crippen LogP contribution in [-0.4, -0.2) is 11.8 Å². The summed E-state index contributed by atoms with van der Waals surface area (Å²) in [6, 6.07) is 6.57. The van der Waals surface area contributed by atoms with Gasteiger partial charge in [-0.05, 0) is 37.6 Å². The van der Waals surface area contributed by atoms with E-state index < -0.39 is 17.2 Å². The van der Waals surface area contributed by atoms with Gasteiger partial charge < -0.3 is 8.83 Å². The van der Waals surface area contributed by atoms with E-state index in [1.807, 2.05) is 17.8 Å². The Morgan fingerprint density at radius 2 is 1.44 bits per heavy atom. The van der Waals surface area contributed by atoms with Crippen molar-refractivity contribution in [1.29, 1.82) is 0 Å². The van der Waals surface area contributed by atoms with Crippen molar-refractivity contribution in [1.82, 2.24) is 10.9 Å². The number of amides is 2. The van der Waals surface area contributed by atoms with Crippen LogP contribution >= 0.6 is 0 Å². The van der Waals surface area contributed by atoms with Gasteiger partial charge in [0.1, 0.15) is 11.5 Å². The number of furan rings is 2. The van der Waals surface area contributed by atoms with Crippen molar-refractivity contribution in [2.45, 2.75) is 44.9 Å². The number of carbonyl (C=O) groups excluding carboxylic acids is 2. The molecule has 0 unspecified atom stereocenters. The van der Waals surface area contributed by atoms with E-state index in [2.05, 4.69) is 6.92 Å². The first kappa shape index (κ1) is 18.8. The number of hydrazine groups is 2. The molecule has 6 N–H and O–H groups in total. The number of hydrogen-bond donors (Lipinski definition) is 4. The standard InChI is InChI=1S/C17H24N4O4/c1-3-4-5-10-17(2,13-8-6-11(24-13)15(22)20-18)14-9-7-12(25-14)16(23)21-19/h6-9H,3-5,10,18-19H2,1-2H3,(H,20,22)(H,21,23). The van der Waals surface area contributed by atoms with Crippen molar-refractivity contribution in [3.05, 3.63) is 47.3 Å². The zero-order valence-corrected chi connectivity index (χ0v) is 14.4. The second-order valence-corrected chi connectivity index (χ2v) is 6.06. The highest BCUT2D eigenvalue weighted by atomic mass is 16.4. The van der Waals surface area contributed by atoms with Crippen molar-refractivity contribution in [3.63, 3.8) is 0 Å². The summed E-state index contributed by atoms with van der Waals surface area (Å²) in [5.41, 5.74) is 3.45. The van der Waals surface area contributed by atoms with Crippen LogP contribution in [0.3, 0.4) is 0 Å². The monoisotopic (exact) mass is 348 g/mol. The minimum Gasteiger partial charge on any atom is -0.455 e. The predicted molar refractivity (Wildman–Crippen MR) is 91.3 cm³/mol. The molecule has 0 aliphatic rings. The molecule has 8 nitrogen and oxygen atoms in total. The smallest absolute Gasteiger partial charge is 0.300 e. The molecule has 0 saturated carbocycles. The molecular formula is C17H24N4O4. The van der Waals surface area contributed by atoms with Crippen LogP contribution < -0.4 is 22.5 Å². The zero-order valence-electron chi connectivity index (χ0n) is 14.4. The molecule has 136 valence electrons. The summed E-state index contributed by atoms with van der Waals surface area (Å²) in [6.45, 7) is 4.07. The number of hydrogen-bond acceptors (Lipinski definition) is 6. The summed E-state index contributed by atoms with van der Waals surface area (Å²) < 4.78 is 11.4. The Balaban J connectivity index is 2.39. The van der Waals surface area contributed by atoms with Gasteiger partial charge in [0.05, 0.1) is 5.41 Å². The molecular weight excluding hydrogens is 324 g/mol. The molecule has 25 heavy (non-hydrogen) atoms. The summed E-state index contributed by atoms with van der Waals surface area (Å²) in [6.07, 6.45) is 3.78. The topological polar surface area (TPSA) is 137 Å². The van der Waals surface area contributed by atoms with Crippen LogP contribution in [0.5, 0.6) is 0 Å². The zero-order chi connectivity index (χ0) is 18.4. The Morgan fingerprint density at radius 3 is 1.84 bits per heavy atom. The van der Waals surface area contributed by atoms with Crippen molar-refractivity contribution >= 4 is 11.8 Å². The van der Waals surface area contributed by atoms with Crippen molar-refractivity contribution < 1.29 is 18.4 Å². The third kappa shape index (κ3) is 3.92. The van der Waals surface area contributed by atoms with Crippen molar-refractivity contribution in [2.24, 2.45) is 11.7 Å². The Labute approximate surface area is 145 Å². The van der Waals surface area contributed by atoms with E-state index in [4.69, 9.17) is 20.5 Å². The van der Waals surface area contributed by atoms with Crippen LogP contribution in [-0.2, 0) is 5.41 Å². The predicted octanol–water partition coefficient (Wildman–Crippen LogP) is 1.97. The lowest BCUT2D eigenvalue weighted by molar-refractivity contribution is 0.0919. The van der Waals surface area contributed by atoms with Crippen molar-refractivity contribution in [2.75, 3.05) is 0 Å². The van der Waals surface area contributed by atoms with Crippen LogP contribution in [0.4, 0.5) is 0 Å². The molecule has 0 fully saturated rings. The third-order valence-electron chi connectivity index (χ3n) is 4.29. The molecule has 0 saturated heterocycles. The number of nitrogens with two attached hydrogens (primary N) is 2. The van der Waals surface area contributed by atoms with Gasteiger partial charge in [-0.2, -0.15) is 0 Å². The molecule has 0 aromatic carbocycles. The van der Waals surface area contributed by atoms with E-state index in [0.29, 0.717) is 11.5 Å². The van der Waals surface area contributed by atoms with Gasteiger partial charge >= 0.3 is 11.8 Å². The third-order valence-corrected chi connectivity index (χ3v) is 4.29. The Kier molecular flexibility index (Phi) is 6.00. The maximum Gasteiger partial charge on any atom is 0.300 e. The average molecular weight is 348 g/mol. The maximum atomic E-state index is 11.7. The molecule has 2 aromatic heterocycles. The van der Waals surface area contributed by atoms with Gasteiger partial charge in [-0.3, -0.25) is 20.4 Å². The van der Waals surface area contributed by atoms with Crippen LogP contribution in [0.25, 0.3) is 0 Å². The highest BCUT2D eigenvalue weighted by molar-refractivity contribution is 5.91. The van der Waals surface area contributed by atoms with Gasteiger partial charge in [0.2, 0.25) is 0 Å². The average Bonchev–Trinajstić information content (AvgIpc) is 3.30. The summed E-state index contributed by atoms with van der Waals surface area (Å²) in [7, 11) is 0. The van der Waals surface area contributed by atoms with E-state index in [9.17, 15) is 9.59 Å². The van der Waals surface area contributed by atoms with Crippen LogP contribution in [0.1, 0.15) is 72.2 Å². The normalized spacial score (nSPS) is 11.4. The van der Waals surface area contributed by atoms with Crippen LogP contribution in [0.15, 0.2) is 33.1 Å². The van der Waals surface area contributed by atoms with Gasteiger partial charge in [0, 0.05) is 0 Å². The molecule has 0 atom stereocenters. The SMILES string of the molecule is CCCCCC(C)(c1ccc(C(=O)NN)o1)c1ccc(C(=O)NN)o1. The number of unbranched alkanes of at least 4 members (excludes halogenated alkanes) is 2. The molecule has 2 amide bonds. The van der Waals surface area contributed by atoms with E-state index in [1.165, 1.54) is 0 Å². The molecule has 2 aromatic rings. The van der Waals surface area contributed by atoms with Gasteiger partial charge in [-0.1, -0.05) is 26.2 Å². The highest BCUT2D eigenvalue weighted by Crippen LogP contribution is 2.39. The number of rotatable bonds is 8. The minimum atomic E-state index is -0.630. The lowest BCUT2D eigenvalue weighted by Gasteiger charge is -2.25. The Hall–Kier alpha value is -2.58. The maximum absolute atomic E-state index is 11.7. The molecule has 0 spiro atoms. The quantitative estimate of drug-likeness (QED) is 0.249. The molecule has 2 rings (SSSR count). The van der Waals surface area contributed by atoms with E-state index in [0.717, 1.165) is 25.7 Å². The fraction of sp³-hybridized carbons (Fsp3) is 0.412. The summed E-state index contributed by atoms with van der Waals surface area (Å²) in [5, 5.41) is 0. The first-order valence-corrected chi connectivity index (χ1v) is 8.18. The van der Waals surface area contributed by atoms with E-state index in [-0.39, 0.29) is 11.5 Å². The Bertz CT molecular complexity index is 680. The lowest BCUT2D eigenvalue weighted by Crippen LogP contribution is -2.30. The minimum absolute atomic E-state index is 0.116. The van der Waals surface area contributed by atoms with E-state index >= 15 is 0 Å². The summed E-state index contributed by atoms with van der Waals surface area (Å²) >= 11 is 0. The van der Waals surface area contributed by atoms with Gasteiger partial charge in [0.15, 0.2) is 11.5 Å². The molecule has 8 heteroatoms. The number of nitrogen functional groups attached to an aromatic ring is 2. The molecule has 2 heterocycles. The molecule has 0 bridgehead atoms. The van der Waals surface area contributed by atoms with Gasteiger partial charge in [-0.25, -0.2) is 11.7 Å². The lowest BCUT2D eigenvalue weighted by atomic mass is 9.80. The summed E-state index contributed by atoms with van der Waals surface area (Å²) in [4.78, 5) is 23.3. The van der Waals surface area contributed by atoms with Crippen LogP contribution in [0, 0.1) is 0 Å². The molecule has 0 radical (unpaired) electrons. The highest BCUT2D eigenvalue weighted by Gasteiger charge is 2.36. The largest absolute Gasteiger partial charge is 0.455 e.